The molecule has 1 aromatic carbocycles. The standard InChI is InChI=1S/C30H42O7S/c1-17-6-9-22(10-7-17)38(34,35)37-26-15-24(18(2)31)30(5)27(33)16-25-23(28(26)30)11-8-20-14-21(36-19(3)32)12-13-29(20,25)4/h6-7,9-10,20-21,23-28,33H,8,11-16H2,1-5H3/t20?,21?,23-,24-,25+,26?,27?,28-,29+,30+/m1/s1. The Morgan fingerprint density at radius 3 is 2.32 bits per heavy atom. The normalized spacial score (nSPS) is 42.5. The zero-order valence-electron chi connectivity index (χ0n) is 23.2. The van der Waals surface area contributed by atoms with Crippen LogP contribution in [0.15, 0.2) is 29.2 Å². The number of Topliss-reactive ketones (excluding diaryl/α,β-unsaturated/α-hetero) is 1. The van der Waals surface area contributed by atoms with Gasteiger partial charge in [-0.3, -0.25) is 13.8 Å². The number of aliphatic hydroxyl groups excluding tert-OH is 1. The van der Waals surface area contributed by atoms with Crippen LogP contribution in [0, 0.1) is 47.3 Å². The third-order valence-corrected chi connectivity index (χ3v) is 12.4. The highest BCUT2D eigenvalue weighted by Crippen LogP contribution is 2.68. The van der Waals surface area contributed by atoms with E-state index in [0.717, 1.165) is 37.7 Å². The summed E-state index contributed by atoms with van der Waals surface area (Å²) in [5.74, 6) is -0.243. The van der Waals surface area contributed by atoms with Gasteiger partial charge in [0.2, 0.25) is 0 Å². The van der Waals surface area contributed by atoms with Crippen LogP contribution in [0.1, 0.15) is 78.2 Å². The number of carbonyl (C=O) groups excluding carboxylic acids is 2. The summed E-state index contributed by atoms with van der Waals surface area (Å²) in [7, 11) is -4.04. The van der Waals surface area contributed by atoms with Crippen molar-refractivity contribution in [3.8, 4) is 0 Å². The van der Waals surface area contributed by atoms with E-state index in [1.807, 2.05) is 13.8 Å². The van der Waals surface area contributed by atoms with Gasteiger partial charge in [0.1, 0.15) is 11.9 Å². The molecule has 0 spiro atoms. The van der Waals surface area contributed by atoms with Crippen LogP contribution in [0.4, 0.5) is 0 Å². The van der Waals surface area contributed by atoms with Crippen LogP contribution < -0.4 is 0 Å². The molecular formula is C30H42O7S. The van der Waals surface area contributed by atoms with E-state index in [1.165, 1.54) is 6.92 Å². The Morgan fingerprint density at radius 1 is 1.00 bits per heavy atom. The van der Waals surface area contributed by atoms with E-state index >= 15 is 0 Å². The number of ether oxygens (including phenoxy) is 1. The molecule has 0 aromatic heterocycles. The monoisotopic (exact) mass is 546 g/mol. The molecule has 0 aliphatic heterocycles. The molecule has 0 heterocycles. The number of hydrogen-bond donors (Lipinski definition) is 1. The van der Waals surface area contributed by atoms with Crippen molar-refractivity contribution in [3.05, 3.63) is 29.8 Å². The first-order valence-electron chi connectivity index (χ1n) is 14.1. The van der Waals surface area contributed by atoms with Gasteiger partial charge in [-0.15, -0.1) is 0 Å². The number of rotatable bonds is 5. The Kier molecular flexibility index (Phi) is 7.09. The molecule has 0 bridgehead atoms. The van der Waals surface area contributed by atoms with Gasteiger partial charge in [-0.2, -0.15) is 8.42 Å². The summed E-state index contributed by atoms with van der Waals surface area (Å²) in [6.07, 6.45) is 3.82. The van der Waals surface area contributed by atoms with Crippen molar-refractivity contribution < 1.29 is 32.0 Å². The summed E-state index contributed by atoms with van der Waals surface area (Å²) in [4.78, 5) is 24.6. The number of ketones is 1. The summed E-state index contributed by atoms with van der Waals surface area (Å²) in [6.45, 7) is 9.20. The average Bonchev–Trinajstić information content (AvgIpc) is 3.13. The van der Waals surface area contributed by atoms with Crippen molar-refractivity contribution in [2.24, 2.45) is 40.4 Å². The van der Waals surface area contributed by atoms with Gasteiger partial charge in [-0.1, -0.05) is 31.5 Å². The first-order chi connectivity index (χ1) is 17.8. The topological polar surface area (TPSA) is 107 Å². The smallest absolute Gasteiger partial charge is 0.302 e. The Bertz CT molecular complexity index is 1190. The van der Waals surface area contributed by atoms with E-state index in [1.54, 1.807) is 31.2 Å². The van der Waals surface area contributed by atoms with Crippen molar-refractivity contribution in [2.45, 2.75) is 103 Å². The van der Waals surface area contributed by atoms with Crippen LogP contribution >= 0.6 is 0 Å². The fraction of sp³-hybridized carbons (Fsp3) is 0.733. The molecule has 210 valence electrons. The Balaban J connectivity index is 1.48. The quantitative estimate of drug-likeness (QED) is 0.416. The van der Waals surface area contributed by atoms with Gasteiger partial charge >= 0.3 is 5.97 Å². The molecule has 4 fully saturated rings. The Morgan fingerprint density at radius 2 is 1.68 bits per heavy atom. The Labute approximate surface area is 226 Å². The fourth-order valence-corrected chi connectivity index (χ4v) is 10.3. The summed E-state index contributed by atoms with van der Waals surface area (Å²) < 4.78 is 38.4. The third kappa shape index (κ3) is 4.44. The van der Waals surface area contributed by atoms with E-state index in [2.05, 4.69) is 6.92 Å². The van der Waals surface area contributed by atoms with Gasteiger partial charge in [-0.25, -0.2) is 0 Å². The molecule has 8 heteroatoms. The minimum Gasteiger partial charge on any atom is -0.463 e. The van der Waals surface area contributed by atoms with Crippen molar-refractivity contribution >= 4 is 21.9 Å². The first kappa shape index (κ1) is 27.8. The number of hydrogen-bond acceptors (Lipinski definition) is 7. The third-order valence-electron chi connectivity index (χ3n) is 11.1. The van der Waals surface area contributed by atoms with Gasteiger partial charge < -0.3 is 9.84 Å². The second-order valence-electron chi connectivity index (χ2n) is 13.0. The molecular weight excluding hydrogens is 504 g/mol. The minimum atomic E-state index is -4.04. The number of aliphatic hydroxyl groups is 1. The maximum atomic E-state index is 13.4. The molecule has 1 N–H and O–H groups in total. The molecule has 4 aliphatic carbocycles. The fourth-order valence-electron chi connectivity index (χ4n) is 9.19. The van der Waals surface area contributed by atoms with E-state index in [-0.39, 0.29) is 45.9 Å². The van der Waals surface area contributed by atoms with Crippen LogP contribution in [0.25, 0.3) is 0 Å². The molecule has 1 aromatic rings. The molecule has 38 heavy (non-hydrogen) atoms. The molecule has 0 saturated heterocycles. The number of aryl methyl sites for hydroxylation is 1. The predicted octanol–water partition coefficient (Wildman–Crippen LogP) is 4.83. The van der Waals surface area contributed by atoms with E-state index in [4.69, 9.17) is 8.92 Å². The van der Waals surface area contributed by atoms with Gasteiger partial charge in [0, 0.05) is 18.3 Å². The van der Waals surface area contributed by atoms with E-state index < -0.39 is 33.7 Å². The number of benzene rings is 1. The summed E-state index contributed by atoms with van der Waals surface area (Å²) in [5.41, 5.74) is 0.176. The van der Waals surface area contributed by atoms with Crippen molar-refractivity contribution in [1.82, 2.24) is 0 Å². The van der Waals surface area contributed by atoms with E-state index in [9.17, 15) is 23.1 Å². The summed E-state index contributed by atoms with van der Waals surface area (Å²) in [5, 5.41) is 11.7. The largest absolute Gasteiger partial charge is 0.463 e. The number of carbonyl (C=O) groups is 2. The highest BCUT2D eigenvalue weighted by molar-refractivity contribution is 7.86. The highest BCUT2D eigenvalue weighted by Gasteiger charge is 2.67. The maximum Gasteiger partial charge on any atom is 0.302 e. The van der Waals surface area contributed by atoms with Gasteiger partial charge in [0.05, 0.1) is 17.1 Å². The second kappa shape index (κ2) is 9.70. The van der Waals surface area contributed by atoms with Crippen LogP contribution in [-0.2, 0) is 28.6 Å². The molecule has 4 aliphatic rings. The zero-order chi connectivity index (χ0) is 27.6. The van der Waals surface area contributed by atoms with Gasteiger partial charge in [0.15, 0.2) is 0 Å². The van der Waals surface area contributed by atoms with Crippen molar-refractivity contribution in [2.75, 3.05) is 0 Å². The zero-order valence-corrected chi connectivity index (χ0v) is 24.0. The number of esters is 1. The van der Waals surface area contributed by atoms with Crippen LogP contribution in [-0.4, -0.2) is 43.6 Å². The molecule has 10 atom stereocenters. The molecule has 0 amide bonds. The average molecular weight is 547 g/mol. The predicted molar refractivity (Wildman–Crippen MR) is 141 cm³/mol. The summed E-state index contributed by atoms with van der Waals surface area (Å²) in [6, 6.07) is 6.63. The lowest BCUT2D eigenvalue weighted by atomic mass is 9.44. The van der Waals surface area contributed by atoms with Crippen LogP contribution in [0.3, 0.4) is 0 Å². The second-order valence-corrected chi connectivity index (χ2v) is 14.6. The lowest BCUT2D eigenvalue weighted by molar-refractivity contribution is -0.186. The number of fused-ring (bicyclic) bond motifs is 5. The molecule has 0 radical (unpaired) electrons. The lowest BCUT2D eigenvalue weighted by Crippen LogP contribution is -2.60. The molecule has 5 rings (SSSR count). The van der Waals surface area contributed by atoms with Crippen LogP contribution in [0.5, 0.6) is 0 Å². The molecule has 4 unspecified atom stereocenters. The first-order valence-corrected chi connectivity index (χ1v) is 15.5. The highest BCUT2D eigenvalue weighted by atomic mass is 32.2. The Hall–Kier alpha value is -1.77. The molecule has 7 nitrogen and oxygen atoms in total. The SMILES string of the molecule is CC(=O)OC1CC[C@@]2(C)C(CC[C@H]3[C@@H]4C(OS(=O)(=O)c5ccc(C)cc5)C[C@H](C(C)=O)[C@@]4(C)C(O)C[C@@H]32)C1. The van der Waals surface area contributed by atoms with Gasteiger partial charge in [-0.05, 0) is 100 Å². The minimum absolute atomic E-state index is 0.0179. The van der Waals surface area contributed by atoms with Crippen molar-refractivity contribution in [3.63, 3.8) is 0 Å². The molecule has 4 saturated carbocycles. The van der Waals surface area contributed by atoms with Gasteiger partial charge in [0.25, 0.3) is 10.1 Å². The lowest BCUT2D eigenvalue weighted by Gasteiger charge is -2.62. The maximum absolute atomic E-state index is 13.4. The summed E-state index contributed by atoms with van der Waals surface area (Å²) >= 11 is 0. The van der Waals surface area contributed by atoms with Crippen molar-refractivity contribution in [1.29, 1.82) is 0 Å². The van der Waals surface area contributed by atoms with E-state index in [0.29, 0.717) is 18.8 Å². The van der Waals surface area contributed by atoms with Crippen LogP contribution in [0.2, 0.25) is 0 Å².